The number of aromatic nitrogens is 2. The van der Waals surface area contributed by atoms with Crippen LogP contribution in [0, 0.1) is 0 Å². The molecule has 0 amide bonds. The average Bonchev–Trinajstić information content (AvgIpc) is 3.12. The average molecular weight is 419 g/mol. The lowest BCUT2D eigenvalue weighted by Crippen LogP contribution is -2.17. The summed E-state index contributed by atoms with van der Waals surface area (Å²) < 4.78 is 48.2. The lowest BCUT2D eigenvalue weighted by molar-refractivity contribution is -0.274. The van der Waals surface area contributed by atoms with Gasteiger partial charge in [0.1, 0.15) is 23.8 Å². The summed E-state index contributed by atoms with van der Waals surface area (Å²) in [4.78, 5) is 7.24. The zero-order valence-electron chi connectivity index (χ0n) is 14.8. The number of ether oxygens (including phenoxy) is 2. The van der Waals surface area contributed by atoms with Crippen molar-refractivity contribution in [1.29, 1.82) is 0 Å². The van der Waals surface area contributed by atoms with Crippen molar-refractivity contribution >= 4 is 22.6 Å². The van der Waals surface area contributed by atoms with Crippen LogP contribution in [0.2, 0.25) is 5.02 Å². The Bertz CT molecular complexity index is 1140. The van der Waals surface area contributed by atoms with Gasteiger partial charge >= 0.3 is 6.36 Å². The van der Waals surface area contributed by atoms with Crippen LogP contribution in [0.4, 0.5) is 13.2 Å². The Labute approximate surface area is 168 Å². The summed E-state index contributed by atoms with van der Waals surface area (Å²) in [6.07, 6.45) is -3.27. The van der Waals surface area contributed by atoms with Crippen molar-refractivity contribution < 1.29 is 22.6 Å². The number of nitrogens with zero attached hydrogens (tertiary/aromatic N) is 1. The lowest BCUT2D eigenvalue weighted by Gasteiger charge is -2.13. The molecule has 1 N–H and O–H groups in total. The normalized spacial score (nSPS) is 11.6. The van der Waals surface area contributed by atoms with Gasteiger partial charge in [0.2, 0.25) is 0 Å². The van der Waals surface area contributed by atoms with Crippen molar-refractivity contribution in [2.24, 2.45) is 0 Å². The first kappa shape index (κ1) is 19.1. The molecule has 2 heterocycles. The largest absolute Gasteiger partial charge is 0.573 e. The van der Waals surface area contributed by atoms with Crippen LogP contribution in [0.1, 0.15) is 5.56 Å². The Morgan fingerprint density at radius 3 is 2.45 bits per heavy atom. The van der Waals surface area contributed by atoms with E-state index in [2.05, 4.69) is 14.7 Å². The minimum Gasteiger partial charge on any atom is -0.489 e. The van der Waals surface area contributed by atoms with Gasteiger partial charge < -0.3 is 14.5 Å². The monoisotopic (exact) mass is 418 g/mol. The molecule has 4 aromatic rings. The van der Waals surface area contributed by atoms with Gasteiger partial charge in [-0.3, -0.25) is 0 Å². The van der Waals surface area contributed by atoms with Crippen LogP contribution in [0.15, 0.2) is 66.9 Å². The van der Waals surface area contributed by atoms with E-state index < -0.39 is 6.36 Å². The van der Waals surface area contributed by atoms with Gasteiger partial charge in [0.25, 0.3) is 0 Å². The van der Waals surface area contributed by atoms with E-state index in [0.29, 0.717) is 27.3 Å². The predicted octanol–water partition coefficient (Wildman–Crippen LogP) is 6.36. The van der Waals surface area contributed by atoms with Gasteiger partial charge in [-0.15, -0.1) is 13.2 Å². The molecule has 29 heavy (non-hydrogen) atoms. The fourth-order valence-corrected chi connectivity index (χ4v) is 3.09. The zero-order valence-corrected chi connectivity index (χ0v) is 15.6. The minimum absolute atomic E-state index is 0.204. The van der Waals surface area contributed by atoms with E-state index in [1.807, 2.05) is 30.3 Å². The standard InChI is InChI=1S/C21H14ClF3N2O2/c22-18-6-7-26-20-17(18)11-19(27-20)14-8-15(10-16(9-14)29-21(23,24)25)28-12-13-4-2-1-3-5-13/h1-11H,12H2,(H,26,27). The topological polar surface area (TPSA) is 47.1 Å². The van der Waals surface area contributed by atoms with E-state index in [4.69, 9.17) is 16.3 Å². The number of rotatable bonds is 5. The maximum atomic E-state index is 12.8. The molecule has 2 aromatic carbocycles. The maximum Gasteiger partial charge on any atom is 0.573 e. The van der Waals surface area contributed by atoms with Gasteiger partial charge in [-0.05, 0) is 29.8 Å². The fraction of sp³-hybridized carbons (Fsp3) is 0.0952. The molecule has 0 aliphatic heterocycles. The lowest BCUT2D eigenvalue weighted by atomic mass is 10.1. The second kappa shape index (κ2) is 7.67. The molecule has 4 rings (SSSR count). The summed E-state index contributed by atoms with van der Waals surface area (Å²) in [5, 5.41) is 1.15. The first-order valence-corrected chi connectivity index (χ1v) is 8.96. The molecule has 8 heteroatoms. The quantitative estimate of drug-likeness (QED) is 0.410. The first-order chi connectivity index (χ1) is 13.9. The first-order valence-electron chi connectivity index (χ1n) is 8.58. The summed E-state index contributed by atoms with van der Waals surface area (Å²) >= 11 is 6.17. The maximum absolute atomic E-state index is 12.8. The third kappa shape index (κ3) is 4.63. The van der Waals surface area contributed by atoms with E-state index in [0.717, 1.165) is 5.56 Å². The number of fused-ring (bicyclic) bond motifs is 1. The second-order valence-electron chi connectivity index (χ2n) is 6.25. The highest BCUT2D eigenvalue weighted by Gasteiger charge is 2.31. The fourth-order valence-electron chi connectivity index (χ4n) is 2.89. The Balaban J connectivity index is 1.71. The number of hydrogen-bond donors (Lipinski definition) is 1. The highest BCUT2D eigenvalue weighted by Crippen LogP contribution is 2.35. The van der Waals surface area contributed by atoms with Crippen molar-refractivity contribution in [3.8, 4) is 22.8 Å². The van der Waals surface area contributed by atoms with Crippen LogP contribution in [0.3, 0.4) is 0 Å². The number of pyridine rings is 1. The summed E-state index contributed by atoms with van der Waals surface area (Å²) in [6, 6.07) is 16.8. The summed E-state index contributed by atoms with van der Waals surface area (Å²) in [6.45, 7) is 0.204. The molecule has 0 unspecified atom stereocenters. The molecule has 0 aliphatic carbocycles. The number of benzene rings is 2. The van der Waals surface area contributed by atoms with Crippen molar-refractivity contribution in [3.05, 3.63) is 77.4 Å². The third-order valence-corrected chi connectivity index (χ3v) is 4.48. The number of halogens is 4. The molecule has 4 nitrogen and oxygen atoms in total. The minimum atomic E-state index is -4.82. The van der Waals surface area contributed by atoms with Crippen molar-refractivity contribution in [2.75, 3.05) is 0 Å². The predicted molar refractivity (Wildman–Crippen MR) is 104 cm³/mol. The van der Waals surface area contributed by atoms with Gasteiger partial charge in [-0.1, -0.05) is 41.9 Å². The SMILES string of the molecule is FC(F)(F)Oc1cc(OCc2ccccc2)cc(-c2cc3c(Cl)ccnc3[nH]2)c1. The molecule has 0 atom stereocenters. The van der Waals surface area contributed by atoms with Crippen molar-refractivity contribution in [2.45, 2.75) is 13.0 Å². The van der Waals surface area contributed by atoms with Gasteiger partial charge in [-0.25, -0.2) is 4.98 Å². The molecule has 0 aliphatic rings. The molecule has 0 radical (unpaired) electrons. The van der Waals surface area contributed by atoms with Crippen molar-refractivity contribution in [1.82, 2.24) is 9.97 Å². The molecule has 0 saturated carbocycles. The second-order valence-corrected chi connectivity index (χ2v) is 6.66. The third-order valence-electron chi connectivity index (χ3n) is 4.15. The molecular formula is C21H14ClF3N2O2. The van der Waals surface area contributed by atoms with E-state index in [9.17, 15) is 13.2 Å². The Hall–Kier alpha value is -3.19. The van der Waals surface area contributed by atoms with Gasteiger partial charge in [-0.2, -0.15) is 0 Å². The number of hydrogen-bond acceptors (Lipinski definition) is 3. The summed E-state index contributed by atoms with van der Waals surface area (Å²) in [5.74, 6) is -0.140. The van der Waals surface area contributed by atoms with E-state index in [1.165, 1.54) is 12.1 Å². The smallest absolute Gasteiger partial charge is 0.489 e. The van der Waals surface area contributed by atoms with E-state index in [1.54, 1.807) is 24.4 Å². The zero-order chi connectivity index (χ0) is 20.4. The van der Waals surface area contributed by atoms with Crippen LogP contribution in [-0.4, -0.2) is 16.3 Å². The van der Waals surface area contributed by atoms with Crippen molar-refractivity contribution in [3.63, 3.8) is 0 Å². The summed E-state index contributed by atoms with van der Waals surface area (Å²) in [5.41, 5.74) is 2.40. The summed E-state index contributed by atoms with van der Waals surface area (Å²) in [7, 11) is 0. The van der Waals surface area contributed by atoms with Gasteiger partial charge in [0.05, 0.1) is 5.02 Å². The van der Waals surface area contributed by atoms with Crippen LogP contribution in [0.25, 0.3) is 22.3 Å². The van der Waals surface area contributed by atoms with Crippen LogP contribution in [-0.2, 0) is 6.61 Å². The molecule has 0 bridgehead atoms. The van der Waals surface area contributed by atoms with Gasteiger partial charge in [0.15, 0.2) is 0 Å². The molecule has 0 saturated heterocycles. The van der Waals surface area contributed by atoms with Crippen LogP contribution in [0.5, 0.6) is 11.5 Å². The molecule has 0 fully saturated rings. The molecule has 2 aromatic heterocycles. The van der Waals surface area contributed by atoms with E-state index in [-0.39, 0.29) is 18.1 Å². The number of aromatic amines is 1. The van der Waals surface area contributed by atoms with Gasteiger partial charge in [0, 0.05) is 28.9 Å². The van der Waals surface area contributed by atoms with E-state index >= 15 is 0 Å². The number of alkyl halides is 3. The highest BCUT2D eigenvalue weighted by molar-refractivity contribution is 6.35. The van der Waals surface area contributed by atoms with Crippen LogP contribution >= 0.6 is 11.6 Å². The highest BCUT2D eigenvalue weighted by atomic mass is 35.5. The Morgan fingerprint density at radius 1 is 0.966 bits per heavy atom. The molecular weight excluding hydrogens is 405 g/mol. The Morgan fingerprint density at radius 2 is 1.72 bits per heavy atom. The number of nitrogens with one attached hydrogen (secondary N) is 1. The number of H-pyrrole nitrogens is 1. The Kier molecular flexibility index (Phi) is 5.07. The molecule has 148 valence electrons. The van der Waals surface area contributed by atoms with Crippen LogP contribution < -0.4 is 9.47 Å². The molecule has 0 spiro atoms.